The monoisotopic (exact) mass is 282 g/mol. The van der Waals surface area contributed by atoms with Crippen LogP contribution in [-0.4, -0.2) is 23.8 Å². The predicted molar refractivity (Wildman–Crippen MR) is 72.5 cm³/mol. The maximum Gasteiger partial charge on any atom is 0.201 e. The summed E-state index contributed by atoms with van der Waals surface area (Å²) >= 11 is 0. The first-order valence-electron chi connectivity index (χ1n) is 8.16. The zero-order valence-electron chi connectivity index (χ0n) is 12.9. The summed E-state index contributed by atoms with van der Waals surface area (Å²) in [6, 6.07) is 0. The van der Waals surface area contributed by atoms with Crippen molar-refractivity contribution in [1.29, 1.82) is 0 Å². The van der Waals surface area contributed by atoms with E-state index in [0.717, 1.165) is 12.8 Å². The van der Waals surface area contributed by atoms with Gasteiger partial charge in [0.05, 0.1) is 6.10 Å². The second-order valence-electron chi connectivity index (χ2n) is 7.61. The Hall–Kier alpha value is -0.160. The van der Waals surface area contributed by atoms with Crippen LogP contribution in [-0.2, 0) is 19.2 Å². The zero-order valence-corrected chi connectivity index (χ0v) is 12.9. The van der Waals surface area contributed by atoms with Crippen molar-refractivity contribution < 1.29 is 19.2 Å². The van der Waals surface area contributed by atoms with Crippen LogP contribution in [0.2, 0.25) is 0 Å². The lowest BCUT2D eigenvalue weighted by Crippen LogP contribution is -2.70. The molecule has 0 N–H and O–H groups in total. The topological polar surface area (TPSA) is 36.9 Å². The normalized spacial score (nSPS) is 61.8. The Morgan fingerprint density at radius 3 is 2.55 bits per heavy atom. The van der Waals surface area contributed by atoms with E-state index < -0.39 is 5.79 Å². The van der Waals surface area contributed by atoms with E-state index in [1.165, 1.54) is 12.8 Å². The Labute approximate surface area is 121 Å². The second-order valence-corrected chi connectivity index (χ2v) is 7.61. The lowest BCUT2D eigenvalue weighted by atomic mass is 9.57. The molecule has 2 unspecified atom stereocenters. The maximum absolute atomic E-state index is 6.23. The van der Waals surface area contributed by atoms with Crippen molar-refractivity contribution in [3.63, 3.8) is 0 Å². The van der Waals surface area contributed by atoms with Crippen molar-refractivity contribution >= 4 is 0 Å². The third kappa shape index (κ3) is 1.57. The number of hydrogen-bond acceptors (Lipinski definition) is 4. The van der Waals surface area contributed by atoms with Crippen LogP contribution in [0.25, 0.3) is 0 Å². The van der Waals surface area contributed by atoms with Gasteiger partial charge in [0.25, 0.3) is 0 Å². The molecule has 4 nitrogen and oxygen atoms in total. The van der Waals surface area contributed by atoms with Crippen LogP contribution < -0.4 is 0 Å². The molecule has 4 aliphatic heterocycles. The SMILES string of the molecule is CC1O[C@@H]2O[C@]3(C)CC[C@H]4[C@H](C)CC[C@@H]([C@H]1C)C24OO3. The summed E-state index contributed by atoms with van der Waals surface area (Å²) in [5.74, 6) is 1.44. The van der Waals surface area contributed by atoms with Crippen molar-refractivity contribution in [3.8, 4) is 0 Å². The Kier molecular flexibility index (Phi) is 2.83. The highest BCUT2D eigenvalue weighted by Gasteiger charge is 2.68. The molecule has 5 rings (SSSR count). The number of ether oxygens (including phenoxy) is 2. The van der Waals surface area contributed by atoms with Crippen molar-refractivity contribution in [1.82, 2.24) is 0 Å². The molecule has 0 radical (unpaired) electrons. The van der Waals surface area contributed by atoms with E-state index in [-0.39, 0.29) is 18.0 Å². The number of rotatable bonds is 0. The fourth-order valence-corrected chi connectivity index (χ4v) is 5.08. The van der Waals surface area contributed by atoms with Crippen LogP contribution in [0.15, 0.2) is 0 Å². The van der Waals surface area contributed by atoms with Gasteiger partial charge in [-0.25, -0.2) is 9.78 Å². The summed E-state index contributed by atoms with van der Waals surface area (Å²) in [5, 5.41) is 0. The molecule has 1 saturated carbocycles. The molecule has 4 heteroatoms. The summed E-state index contributed by atoms with van der Waals surface area (Å²) in [5.41, 5.74) is -0.389. The molecule has 20 heavy (non-hydrogen) atoms. The van der Waals surface area contributed by atoms with E-state index in [1.54, 1.807) is 0 Å². The highest BCUT2D eigenvalue weighted by molar-refractivity contribution is 5.09. The largest absolute Gasteiger partial charge is 0.346 e. The average molecular weight is 282 g/mol. The molecule has 0 aromatic carbocycles. The van der Waals surface area contributed by atoms with Gasteiger partial charge < -0.3 is 9.47 Å². The van der Waals surface area contributed by atoms with Crippen LogP contribution in [0.4, 0.5) is 0 Å². The number of hydrogen-bond donors (Lipinski definition) is 0. The summed E-state index contributed by atoms with van der Waals surface area (Å²) in [6.07, 6.45) is 4.41. The summed E-state index contributed by atoms with van der Waals surface area (Å²) < 4.78 is 12.5. The maximum atomic E-state index is 6.23. The first kappa shape index (κ1) is 13.5. The molecule has 1 spiro atoms. The van der Waals surface area contributed by atoms with Crippen molar-refractivity contribution in [3.05, 3.63) is 0 Å². The molecule has 5 fully saturated rings. The van der Waals surface area contributed by atoms with Crippen LogP contribution in [0.1, 0.15) is 53.4 Å². The van der Waals surface area contributed by atoms with E-state index in [4.69, 9.17) is 19.2 Å². The highest BCUT2D eigenvalue weighted by Crippen LogP contribution is 2.60. The molecule has 4 saturated heterocycles. The molecule has 4 heterocycles. The van der Waals surface area contributed by atoms with Gasteiger partial charge in [-0.2, -0.15) is 0 Å². The smallest absolute Gasteiger partial charge is 0.201 e. The molecule has 0 aromatic heterocycles. The Bertz CT molecular complexity index is 409. The highest BCUT2D eigenvalue weighted by atomic mass is 17.3. The van der Waals surface area contributed by atoms with Crippen LogP contribution >= 0.6 is 0 Å². The molecular weight excluding hydrogens is 256 g/mol. The second kappa shape index (κ2) is 4.19. The van der Waals surface area contributed by atoms with E-state index in [0.29, 0.717) is 23.7 Å². The Balaban J connectivity index is 1.82. The van der Waals surface area contributed by atoms with E-state index >= 15 is 0 Å². The first-order valence-corrected chi connectivity index (χ1v) is 8.16. The minimum atomic E-state index is -0.641. The van der Waals surface area contributed by atoms with E-state index in [1.807, 2.05) is 6.92 Å². The summed E-state index contributed by atoms with van der Waals surface area (Å²) in [6.45, 7) is 8.77. The summed E-state index contributed by atoms with van der Waals surface area (Å²) in [4.78, 5) is 11.8. The molecular formula is C16H26O4. The number of fused-ring (bicyclic) bond motifs is 2. The van der Waals surface area contributed by atoms with Crippen LogP contribution in [0.3, 0.4) is 0 Å². The Morgan fingerprint density at radius 2 is 1.75 bits per heavy atom. The average Bonchev–Trinajstić information content (AvgIpc) is 2.63. The molecule has 0 aromatic rings. The molecule has 8 atom stereocenters. The molecule has 114 valence electrons. The van der Waals surface area contributed by atoms with E-state index in [9.17, 15) is 0 Å². The fourth-order valence-electron chi connectivity index (χ4n) is 5.08. The van der Waals surface area contributed by atoms with Crippen molar-refractivity contribution in [2.75, 3.05) is 0 Å². The third-order valence-electron chi connectivity index (χ3n) is 6.49. The molecule has 5 aliphatic rings. The third-order valence-corrected chi connectivity index (χ3v) is 6.49. The van der Waals surface area contributed by atoms with Gasteiger partial charge in [-0.05, 0) is 50.9 Å². The van der Waals surface area contributed by atoms with E-state index in [2.05, 4.69) is 20.8 Å². The Morgan fingerprint density at radius 1 is 0.950 bits per heavy atom. The zero-order chi connectivity index (χ0) is 14.1. The van der Waals surface area contributed by atoms with Gasteiger partial charge in [0.2, 0.25) is 5.79 Å². The first-order chi connectivity index (χ1) is 9.46. The molecule has 0 amide bonds. The lowest BCUT2D eigenvalue weighted by Gasteiger charge is -2.60. The standard InChI is InChI=1S/C16H26O4/c1-9-5-6-13-10(2)11(3)17-14-16(13)12(9)7-8-15(4,18-14)19-20-16/h9-14H,5-8H2,1-4H3/t9-,10+,11?,12+,13+,14-,15+,16?/m1/s1. The molecule has 1 aliphatic carbocycles. The van der Waals surface area contributed by atoms with Gasteiger partial charge in [0.1, 0.15) is 0 Å². The predicted octanol–water partition coefficient (Wildman–Crippen LogP) is 3.26. The van der Waals surface area contributed by atoms with Gasteiger partial charge >= 0.3 is 0 Å². The minimum Gasteiger partial charge on any atom is -0.346 e. The molecule has 2 bridgehead atoms. The summed E-state index contributed by atoms with van der Waals surface area (Å²) in [7, 11) is 0. The van der Waals surface area contributed by atoms with Crippen LogP contribution in [0.5, 0.6) is 0 Å². The van der Waals surface area contributed by atoms with Crippen molar-refractivity contribution in [2.45, 2.75) is 77.2 Å². The van der Waals surface area contributed by atoms with Crippen molar-refractivity contribution in [2.24, 2.45) is 23.7 Å². The quantitative estimate of drug-likeness (QED) is 0.639. The minimum absolute atomic E-state index is 0.219. The van der Waals surface area contributed by atoms with Gasteiger partial charge in [0.15, 0.2) is 11.9 Å². The van der Waals surface area contributed by atoms with Gasteiger partial charge in [-0.3, -0.25) is 0 Å². The van der Waals surface area contributed by atoms with Gasteiger partial charge in [0, 0.05) is 12.3 Å². The lowest BCUT2D eigenvalue weighted by molar-refractivity contribution is -0.570. The van der Waals surface area contributed by atoms with Crippen LogP contribution in [0, 0.1) is 23.7 Å². The fraction of sp³-hybridized carbons (Fsp3) is 1.00. The van der Waals surface area contributed by atoms with Gasteiger partial charge in [-0.15, -0.1) is 0 Å². The van der Waals surface area contributed by atoms with Gasteiger partial charge in [-0.1, -0.05) is 13.8 Å².